The topological polar surface area (TPSA) is 37.3 Å². The second-order valence-corrected chi connectivity index (χ2v) is 12.1. The van der Waals surface area contributed by atoms with Gasteiger partial charge < -0.3 is 5.11 Å². The minimum Gasteiger partial charge on any atom is -0.370 e. The summed E-state index contributed by atoms with van der Waals surface area (Å²) in [5.41, 5.74) is -5.08. The molecule has 4 fully saturated rings. The molecule has 1 N–H and O–H groups in total. The summed E-state index contributed by atoms with van der Waals surface area (Å²) >= 11 is 0. The van der Waals surface area contributed by atoms with Crippen LogP contribution in [0, 0.1) is 46.3 Å². The van der Waals surface area contributed by atoms with Gasteiger partial charge in [-0.1, -0.05) is 39.7 Å². The molecule has 4 aliphatic rings. The van der Waals surface area contributed by atoms with Crippen molar-refractivity contribution in [3.63, 3.8) is 0 Å². The number of ketones is 1. The zero-order chi connectivity index (χ0) is 25.3. The van der Waals surface area contributed by atoms with Crippen LogP contribution in [0.1, 0.15) is 78.6 Å². The van der Waals surface area contributed by atoms with E-state index in [1.807, 2.05) is 0 Å². The largest absolute Gasteiger partial charge is 0.429 e. The van der Waals surface area contributed by atoms with Gasteiger partial charge in [0.15, 0.2) is 0 Å². The fourth-order valence-corrected chi connectivity index (χ4v) is 8.78. The average molecular weight is 495 g/mol. The maximum atomic E-state index is 13.1. The van der Waals surface area contributed by atoms with Crippen molar-refractivity contribution in [3.8, 4) is 0 Å². The van der Waals surface area contributed by atoms with Crippen LogP contribution >= 0.6 is 0 Å². The number of carbonyl (C=O) groups excluding carboxylic acids is 1. The number of aliphatic hydroxyl groups is 1. The average Bonchev–Trinajstić information content (AvgIpc) is 3.07. The maximum Gasteiger partial charge on any atom is 0.429 e. The number of rotatable bonds is 3. The first-order chi connectivity index (χ1) is 15.6. The zero-order valence-electron chi connectivity index (χ0n) is 20.1. The van der Waals surface area contributed by atoms with E-state index in [0.717, 1.165) is 51.0 Å². The molecule has 0 spiro atoms. The Balaban J connectivity index is 1.57. The first-order valence-corrected chi connectivity index (χ1v) is 12.6. The minimum absolute atomic E-state index is 0.0130. The SMILES string of the molecule is CC(/C=C/C(O)(C(F)(F)F)C(F)(F)F)C1CCC2C3CC(=O)C4CCCCC4(C)C3CCC12C. The molecule has 0 aromatic rings. The van der Waals surface area contributed by atoms with E-state index in [0.29, 0.717) is 24.5 Å². The fourth-order valence-electron chi connectivity index (χ4n) is 8.78. The quantitative estimate of drug-likeness (QED) is 0.331. The molecule has 194 valence electrons. The third-order valence-electron chi connectivity index (χ3n) is 10.6. The molecule has 4 saturated carbocycles. The van der Waals surface area contributed by atoms with E-state index in [2.05, 4.69) is 13.8 Å². The molecule has 8 heteroatoms. The molecule has 0 aliphatic heterocycles. The smallest absolute Gasteiger partial charge is 0.370 e. The highest BCUT2D eigenvalue weighted by Gasteiger charge is 2.69. The van der Waals surface area contributed by atoms with Gasteiger partial charge in [0.25, 0.3) is 5.60 Å². The monoisotopic (exact) mass is 494 g/mol. The van der Waals surface area contributed by atoms with Crippen molar-refractivity contribution >= 4 is 5.78 Å². The van der Waals surface area contributed by atoms with Gasteiger partial charge in [0.05, 0.1) is 0 Å². The van der Waals surface area contributed by atoms with E-state index in [1.165, 1.54) is 0 Å². The van der Waals surface area contributed by atoms with Gasteiger partial charge in [-0.25, -0.2) is 0 Å². The summed E-state index contributed by atoms with van der Waals surface area (Å²) in [5.74, 6) is 0.790. The van der Waals surface area contributed by atoms with Crippen molar-refractivity contribution in [2.75, 3.05) is 0 Å². The molecule has 0 saturated heterocycles. The van der Waals surface area contributed by atoms with Crippen LogP contribution < -0.4 is 0 Å². The Hall–Kier alpha value is -1.05. The van der Waals surface area contributed by atoms with Crippen molar-refractivity contribution in [2.24, 2.45) is 46.3 Å². The summed E-state index contributed by atoms with van der Waals surface area (Å²) in [4.78, 5) is 13.1. The molecule has 0 radical (unpaired) electrons. The van der Waals surface area contributed by atoms with Gasteiger partial charge in [0.1, 0.15) is 5.78 Å². The summed E-state index contributed by atoms with van der Waals surface area (Å²) < 4.78 is 78.7. The summed E-state index contributed by atoms with van der Waals surface area (Å²) in [6.07, 6.45) is -2.69. The van der Waals surface area contributed by atoms with Crippen LogP contribution in [0.5, 0.6) is 0 Å². The molecule has 2 nitrogen and oxygen atoms in total. The highest BCUT2D eigenvalue weighted by atomic mass is 19.4. The van der Waals surface area contributed by atoms with Crippen LogP contribution in [-0.2, 0) is 4.79 Å². The highest BCUT2D eigenvalue weighted by molar-refractivity contribution is 5.83. The number of allylic oxidation sites excluding steroid dienone is 1. The number of Topliss-reactive ketones (excluding diaryl/α,β-unsaturated/α-hetero) is 1. The Bertz CT molecular complexity index is 818. The second-order valence-electron chi connectivity index (χ2n) is 12.1. The number of hydrogen-bond acceptors (Lipinski definition) is 2. The zero-order valence-corrected chi connectivity index (χ0v) is 20.1. The van der Waals surface area contributed by atoms with Gasteiger partial charge in [-0.2, -0.15) is 26.3 Å². The Kier molecular flexibility index (Phi) is 6.31. The fraction of sp³-hybridized carbons (Fsp3) is 0.885. The molecule has 8 unspecified atom stereocenters. The lowest BCUT2D eigenvalue weighted by Crippen LogP contribution is -2.56. The summed E-state index contributed by atoms with van der Waals surface area (Å²) in [6.45, 7) is 6.05. The second kappa shape index (κ2) is 8.24. The molecule has 4 aliphatic carbocycles. The summed E-state index contributed by atoms with van der Waals surface area (Å²) in [7, 11) is 0. The van der Waals surface area contributed by atoms with Gasteiger partial charge in [-0.3, -0.25) is 4.79 Å². The van der Waals surface area contributed by atoms with E-state index < -0.39 is 23.9 Å². The highest BCUT2D eigenvalue weighted by Crippen LogP contribution is 2.67. The normalized spacial score (nSPS) is 42.3. The minimum atomic E-state index is -5.85. The van der Waals surface area contributed by atoms with Crippen LogP contribution in [0.25, 0.3) is 0 Å². The van der Waals surface area contributed by atoms with E-state index >= 15 is 0 Å². The summed E-state index contributed by atoms with van der Waals surface area (Å²) in [6, 6.07) is 0. The Labute approximate surface area is 197 Å². The van der Waals surface area contributed by atoms with Gasteiger partial charge in [-0.15, -0.1) is 0 Å². The van der Waals surface area contributed by atoms with Crippen LogP contribution in [0.15, 0.2) is 12.2 Å². The first-order valence-electron chi connectivity index (χ1n) is 12.6. The molecular weight excluding hydrogens is 458 g/mol. The van der Waals surface area contributed by atoms with Gasteiger partial charge in [0, 0.05) is 12.3 Å². The number of halogens is 6. The molecule has 4 rings (SSSR count). The van der Waals surface area contributed by atoms with Crippen molar-refractivity contribution < 1.29 is 36.2 Å². The third-order valence-corrected chi connectivity index (χ3v) is 10.6. The third kappa shape index (κ3) is 3.76. The van der Waals surface area contributed by atoms with Crippen molar-refractivity contribution in [2.45, 2.75) is 96.5 Å². The lowest BCUT2D eigenvalue weighted by molar-refractivity contribution is -0.347. The van der Waals surface area contributed by atoms with Crippen LogP contribution in [0.2, 0.25) is 0 Å². The molecule has 0 heterocycles. The molecule has 0 aromatic carbocycles. The molecule has 8 atom stereocenters. The lowest BCUT2D eigenvalue weighted by atomic mass is 9.44. The Morgan fingerprint density at radius 2 is 1.53 bits per heavy atom. The van der Waals surface area contributed by atoms with Crippen molar-refractivity contribution in [1.82, 2.24) is 0 Å². The Morgan fingerprint density at radius 1 is 0.912 bits per heavy atom. The molecule has 0 bridgehead atoms. The van der Waals surface area contributed by atoms with Gasteiger partial charge >= 0.3 is 12.4 Å². The lowest BCUT2D eigenvalue weighted by Gasteiger charge is -2.60. The van der Waals surface area contributed by atoms with E-state index in [4.69, 9.17) is 0 Å². The predicted octanol–water partition coefficient (Wildman–Crippen LogP) is 7.26. The number of carbonyl (C=O) groups is 1. The number of hydrogen-bond donors (Lipinski definition) is 1. The predicted molar refractivity (Wildman–Crippen MR) is 116 cm³/mol. The van der Waals surface area contributed by atoms with E-state index in [-0.39, 0.29) is 40.6 Å². The first kappa shape index (κ1) is 26.0. The molecule has 0 amide bonds. The standard InChI is InChI=1S/C26H36F6O2/c1-15(9-13-24(34,25(27,28)29)26(30,31)32)17-7-8-18-16-14-21(33)20-6-4-5-11-22(20,2)19(16)10-12-23(17,18)3/h9,13,15-20,34H,4-8,10-12,14H2,1-3H3/b13-9+. The molecule has 0 aromatic heterocycles. The Morgan fingerprint density at radius 3 is 2.15 bits per heavy atom. The number of fused-ring (bicyclic) bond motifs is 5. The number of alkyl halides is 6. The maximum absolute atomic E-state index is 13.1. The van der Waals surface area contributed by atoms with Crippen molar-refractivity contribution in [1.29, 1.82) is 0 Å². The molecule has 34 heavy (non-hydrogen) atoms. The van der Waals surface area contributed by atoms with Crippen LogP contribution in [0.4, 0.5) is 26.3 Å². The van der Waals surface area contributed by atoms with E-state index in [9.17, 15) is 36.2 Å². The van der Waals surface area contributed by atoms with E-state index in [1.54, 1.807) is 6.92 Å². The van der Waals surface area contributed by atoms with Crippen LogP contribution in [-0.4, -0.2) is 28.8 Å². The van der Waals surface area contributed by atoms with Gasteiger partial charge in [-0.05, 0) is 85.0 Å². The van der Waals surface area contributed by atoms with Gasteiger partial charge in [0.2, 0.25) is 0 Å². The summed E-state index contributed by atoms with van der Waals surface area (Å²) in [5, 5.41) is 9.52. The van der Waals surface area contributed by atoms with Crippen molar-refractivity contribution in [3.05, 3.63) is 12.2 Å². The van der Waals surface area contributed by atoms with Crippen LogP contribution in [0.3, 0.4) is 0 Å². The molecular formula is C26H36F6O2.